The van der Waals surface area contributed by atoms with Gasteiger partial charge in [0.1, 0.15) is 0 Å². The number of H-pyrrole nitrogens is 1. The van der Waals surface area contributed by atoms with Crippen LogP contribution in [0.2, 0.25) is 0 Å². The predicted molar refractivity (Wildman–Crippen MR) is 83.0 cm³/mol. The molecule has 0 saturated carbocycles. The molecule has 1 saturated heterocycles. The number of rotatable bonds is 3. The second-order valence-electron chi connectivity index (χ2n) is 6.04. The first-order chi connectivity index (χ1) is 9.66. The minimum absolute atomic E-state index is 0.399. The second-order valence-corrected chi connectivity index (χ2v) is 6.04. The number of likely N-dealkylation sites (tertiary alicyclic amines) is 1. The maximum absolute atomic E-state index is 10.7. The van der Waals surface area contributed by atoms with E-state index < -0.39 is 6.10 Å². The zero-order chi connectivity index (χ0) is 14.1. The highest BCUT2D eigenvalue weighted by Gasteiger charge is 2.21. The Hall–Kier alpha value is -1.32. The Labute approximate surface area is 120 Å². The molecule has 1 atom stereocenters. The summed E-state index contributed by atoms with van der Waals surface area (Å²) in [6, 6.07) is 6.29. The molecule has 2 heterocycles. The number of aliphatic hydroxyl groups is 1. The third-order valence-electron chi connectivity index (χ3n) is 4.49. The number of nitrogens with one attached hydrogen (secondary N) is 1. The van der Waals surface area contributed by atoms with Crippen molar-refractivity contribution in [1.82, 2.24) is 9.88 Å². The minimum Gasteiger partial charge on any atom is -0.387 e. The average molecular weight is 272 g/mol. The van der Waals surface area contributed by atoms with Crippen LogP contribution in [0.25, 0.3) is 10.9 Å². The molecule has 1 aromatic carbocycles. The molecule has 0 amide bonds. The van der Waals surface area contributed by atoms with Gasteiger partial charge in [0.05, 0.1) is 6.10 Å². The van der Waals surface area contributed by atoms with Crippen LogP contribution in [0, 0.1) is 13.8 Å². The van der Waals surface area contributed by atoms with Crippen LogP contribution in [-0.4, -0.2) is 34.6 Å². The molecule has 1 aromatic heterocycles. The summed E-state index contributed by atoms with van der Waals surface area (Å²) in [7, 11) is 0. The lowest BCUT2D eigenvalue weighted by Crippen LogP contribution is -2.33. The summed E-state index contributed by atoms with van der Waals surface area (Å²) in [4.78, 5) is 5.83. The second kappa shape index (κ2) is 5.58. The molecule has 20 heavy (non-hydrogen) atoms. The number of piperidine rings is 1. The Balaban J connectivity index is 1.88. The molecule has 0 aliphatic carbocycles. The van der Waals surface area contributed by atoms with Crippen molar-refractivity contribution in [1.29, 1.82) is 0 Å². The van der Waals surface area contributed by atoms with Crippen LogP contribution in [0.3, 0.4) is 0 Å². The van der Waals surface area contributed by atoms with E-state index in [1.165, 1.54) is 30.2 Å². The van der Waals surface area contributed by atoms with Crippen molar-refractivity contribution in [3.05, 3.63) is 35.0 Å². The van der Waals surface area contributed by atoms with Gasteiger partial charge in [-0.25, -0.2) is 0 Å². The standard InChI is InChI=1S/C17H24N2O/c1-12-7-6-8-14-16(13(2)18-17(12)14)15(20)11-19-9-4-3-5-10-19/h6-8,15,18,20H,3-5,9-11H2,1-2H3. The van der Waals surface area contributed by atoms with Crippen LogP contribution < -0.4 is 0 Å². The molecular formula is C17H24N2O. The summed E-state index contributed by atoms with van der Waals surface area (Å²) in [6.45, 7) is 7.17. The third-order valence-corrected chi connectivity index (χ3v) is 4.49. The maximum atomic E-state index is 10.7. The Morgan fingerprint density at radius 1 is 1.20 bits per heavy atom. The number of hydrogen-bond donors (Lipinski definition) is 2. The molecule has 1 aliphatic rings. The fourth-order valence-electron chi connectivity index (χ4n) is 3.42. The fourth-order valence-corrected chi connectivity index (χ4v) is 3.42. The van der Waals surface area contributed by atoms with E-state index in [9.17, 15) is 5.11 Å². The summed E-state index contributed by atoms with van der Waals surface area (Å²) < 4.78 is 0. The molecule has 0 bridgehead atoms. The monoisotopic (exact) mass is 272 g/mol. The number of aromatic amines is 1. The van der Waals surface area contributed by atoms with Crippen LogP contribution in [0.4, 0.5) is 0 Å². The van der Waals surface area contributed by atoms with Crippen molar-refractivity contribution in [3.63, 3.8) is 0 Å². The normalized spacial score (nSPS) is 18.6. The number of fused-ring (bicyclic) bond motifs is 1. The quantitative estimate of drug-likeness (QED) is 0.900. The number of benzene rings is 1. The Bertz CT molecular complexity index is 596. The number of aromatic nitrogens is 1. The van der Waals surface area contributed by atoms with E-state index in [2.05, 4.69) is 41.9 Å². The highest BCUT2D eigenvalue weighted by atomic mass is 16.3. The van der Waals surface area contributed by atoms with Gasteiger partial charge in [-0.05, 0) is 45.3 Å². The largest absolute Gasteiger partial charge is 0.387 e. The van der Waals surface area contributed by atoms with E-state index in [-0.39, 0.29) is 0 Å². The molecule has 3 heteroatoms. The SMILES string of the molecule is Cc1[nH]c2c(C)cccc2c1C(O)CN1CCCCC1. The van der Waals surface area contributed by atoms with Gasteiger partial charge >= 0.3 is 0 Å². The molecule has 3 nitrogen and oxygen atoms in total. The van der Waals surface area contributed by atoms with Crippen molar-refractivity contribution >= 4 is 10.9 Å². The summed E-state index contributed by atoms with van der Waals surface area (Å²) >= 11 is 0. The lowest BCUT2D eigenvalue weighted by molar-refractivity contribution is 0.102. The first-order valence-corrected chi connectivity index (χ1v) is 7.65. The molecule has 108 valence electrons. The van der Waals surface area contributed by atoms with Crippen LogP contribution in [-0.2, 0) is 0 Å². The maximum Gasteiger partial charge on any atom is 0.0940 e. The van der Waals surface area contributed by atoms with Gasteiger partial charge in [0.25, 0.3) is 0 Å². The lowest BCUT2D eigenvalue weighted by Gasteiger charge is -2.28. The summed E-state index contributed by atoms with van der Waals surface area (Å²) in [5.41, 5.74) is 4.58. The highest BCUT2D eigenvalue weighted by Crippen LogP contribution is 2.30. The number of aliphatic hydroxyl groups excluding tert-OH is 1. The first-order valence-electron chi connectivity index (χ1n) is 7.65. The van der Waals surface area contributed by atoms with E-state index >= 15 is 0 Å². The van der Waals surface area contributed by atoms with E-state index in [0.717, 1.165) is 36.4 Å². The smallest absolute Gasteiger partial charge is 0.0940 e. The van der Waals surface area contributed by atoms with Crippen molar-refractivity contribution in [3.8, 4) is 0 Å². The van der Waals surface area contributed by atoms with E-state index in [4.69, 9.17) is 0 Å². The summed E-state index contributed by atoms with van der Waals surface area (Å²) in [6.07, 6.45) is 3.46. The predicted octanol–water partition coefficient (Wildman–Crippen LogP) is 3.30. The number of nitrogens with zero attached hydrogens (tertiary/aromatic N) is 1. The van der Waals surface area contributed by atoms with Crippen LogP contribution in [0.1, 0.15) is 42.2 Å². The Kier molecular flexibility index (Phi) is 3.81. The van der Waals surface area contributed by atoms with Gasteiger partial charge in [-0.2, -0.15) is 0 Å². The first kappa shape index (κ1) is 13.7. The number of β-amino-alcohol motifs (C(OH)–C–C–N with tert-alkyl or cyclic N) is 1. The molecule has 1 fully saturated rings. The zero-order valence-electron chi connectivity index (χ0n) is 12.4. The van der Waals surface area contributed by atoms with Gasteiger partial charge in [0.15, 0.2) is 0 Å². The molecule has 1 aliphatic heterocycles. The molecule has 2 aromatic rings. The Morgan fingerprint density at radius 3 is 2.70 bits per heavy atom. The molecule has 3 rings (SSSR count). The van der Waals surface area contributed by atoms with Gasteiger partial charge in [0.2, 0.25) is 0 Å². The van der Waals surface area contributed by atoms with Crippen LogP contribution in [0.5, 0.6) is 0 Å². The minimum atomic E-state index is -0.399. The molecule has 0 spiro atoms. The van der Waals surface area contributed by atoms with Gasteiger partial charge < -0.3 is 15.0 Å². The number of aryl methyl sites for hydroxylation is 2. The van der Waals surface area contributed by atoms with E-state index in [1.807, 2.05) is 0 Å². The van der Waals surface area contributed by atoms with Gasteiger partial charge in [-0.1, -0.05) is 24.6 Å². The molecule has 1 unspecified atom stereocenters. The molecule has 0 radical (unpaired) electrons. The third kappa shape index (κ3) is 2.48. The molecule has 2 N–H and O–H groups in total. The molecular weight excluding hydrogens is 248 g/mol. The summed E-state index contributed by atoms with van der Waals surface area (Å²) in [5, 5.41) is 11.8. The van der Waals surface area contributed by atoms with Crippen molar-refractivity contribution in [2.75, 3.05) is 19.6 Å². The van der Waals surface area contributed by atoms with Gasteiger partial charge in [0, 0.05) is 28.7 Å². The van der Waals surface area contributed by atoms with E-state index in [0.29, 0.717) is 0 Å². The van der Waals surface area contributed by atoms with E-state index in [1.54, 1.807) is 0 Å². The van der Waals surface area contributed by atoms with Crippen LogP contribution in [0.15, 0.2) is 18.2 Å². The zero-order valence-corrected chi connectivity index (χ0v) is 12.4. The van der Waals surface area contributed by atoms with Crippen molar-refractivity contribution in [2.24, 2.45) is 0 Å². The number of para-hydroxylation sites is 1. The topological polar surface area (TPSA) is 39.3 Å². The number of hydrogen-bond acceptors (Lipinski definition) is 2. The van der Waals surface area contributed by atoms with Crippen molar-refractivity contribution in [2.45, 2.75) is 39.2 Å². The Morgan fingerprint density at radius 2 is 1.95 bits per heavy atom. The summed E-state index contributed by atoms with van der Waals surface area (Å²) in [5.74, 6) is 0. The average Bonchev–Trinajstić information content (AvgIpc) is 2.78. The lowest BCUT2D eigenvalue weighted by atomic mass is 10.0. The van der Waals surface area contributed by atoms with Gasteiger partial charge in [-0.3, -0.25) is 0 Å². The fraction of sp³-hybridized carbons (Fsp3) is 0.529. The highest BCUT2D eigenvalue weighted by molar-refractivity contribution is 5.87. The van der Waals surface area contributed by atoms with Crippen molar-refractivity contribution < 1.29 is 5.11 Å². The van der Waals surface area contributed by atoms with Gasteiger partial charge in [-0.15, -0.1) is 0 Å². The van der Waals surface area contributed by atoms with Crippen LogP contribution >= 0.6 is 0 Å².